The minimum absolute atomic E-state index is 0. The highest BCUT2D eigenvalue weighted by molar-refractivity contribution is 5.97. The number of ketones is 1. The Kier molecular flexibility index (Phi) is 6.17. The highest BCUT2D eigenvalue weighted by Crippen LogP contribution is 2.31. The Morgan fingerprint density at radius 3 is 2.75 bits per heavy atom. The molecule has 0 heterocycles. The molecule has 0 bridgehead atoms. The van der Waals surface area contributed by atoms with Crippen molar-refractivity contribution in [3.05, 3.63) is 29.8 Å². The molecule has 3 N–H and O–H groups in total. The van der Waals surface area contributed by atoms with Crippen molar-refractivity contribution in [2.45, 2.75) is 26.2 Å². The van der Waals surface area contributed by atoms with Crippen LogP contribution in [-0.2, 0) is 4.79 Å². The van der Waals surface area contributed by atoms with Crippen LogP contribution >= 0.6 is 12.4 Å². The van der Waals surface area contributed by atoms with Gasteiger partial charge in [-0.3, -0.25) is 9.59 Å². The van der Waals surface area contributed by atoms with Gasteiger partial charge in [0.1, 0.15) is 0 Å². The summed E-state index contributed by atoms with van der Waals surface area (Å²) in [5.74, 6) is 0.312. The number of rotatable bonds is 4. The maximum absolute atomic E-state index is 12.2. The van der Waals surface area contributed by atoms with E-state index in [1.165, 1.54) is 6.92 Å². The number of carbonyl (C=O) groups is 2. The zero-order valence-electron chi connectivity index (χ0n) is 11.6. The van der Waals surface area contributed by atoms with E-state index in [-0.39, 0.29) is 35.9 Å². The second-order valence-corrected chi connectivity index (χ2v) is 5.16. The van der Waals surface area contributed by atoms with Gasteiger partial charge in [0.15, 0.2) is 5.78 Å². The maximum atomic E-state index is 12.2. The lowest BCUT2D eigenvalue weighted by Gasteiger charge is -2.17. The van der Waals surface area contributed by atoms with Gasteiger partial charge in [-0.25, -0.2) is 0 Å². The maximum Gasteiger partial charge on any atom is 0.227 e. The standard InChI is InChI=1S/C15H20N2O2.ClH/c1-10(18)11-4-2-6-13(8-11)17-15(19)14-7-3-5-12(14)9-16;/h2,4,6,8,12,14H,3,5,7,9,16H2,1H3,(H,17,19);1H/t12-,14-;/m1./s1. The van der Waals surface area contributed by atoms with Crippen molar-refractivity contribution in [1.29, 1.82) is 0 Å². The number of halogens is 1. The molecule has 110 valence electrons. The van der Waals surface area contributed by atoms with Gasteiger partial charge in [0.2, 0.25) is 5.91 Å². The lowest BCUT2D eigenvalue weighted by atomic mass is 9.95. The predicted molar refractivity (Wildman–Crippen MR) is 82.2 cm³/mol. The second kappa shape index (κ2) is 7.41. The number of hydrogen-bond donors (Lipinski definition) is 2. The van der Waals surface area contributed by atoms with Gasteiger partial charge in [-0.1, -0.05) is 18.6 Å². The Morgan fingerprint density at radius 2 is 2.10 bits per heavy atom. The Morgan fingerprint density at radius 1 is 1.35 bits per heavy atom. The van der Waals surface area contributed by atoms with Crippen LogP contribution in [0.15, 0.2) is 24.3 Å². The fourth-order valence-electron chi connectivity index (χ4n) is 2.72. The van der Waals surface area contributed by atoms with Crippen molar-refractivity contribution in [3.8, 4) is 0 Å². The number of anilines is 1. The number of carbonyl (C=O) groups excluding carboxylic acids is 2. The molecular weight excluding hydrogens is 276 g/mol. The first-order valence-corrected chi connectivity index (χ1v) is 6.73. The molecule has 1 aliphatic carbocycles. The van der Waals surface area contributed by atoms with Crippen LogP contribution in [0.2, 0.25) is 0 Å². The van der Waals surface area contributed by atoms with Gasteiger partial charge in [0, 0.05) is 17.2 Å². The second-order valence-electron chi connectivity index (χ2n) is 5.16. The van der Waals surface area contributed by atoms with E-state index in [0.29, 0.717) is 17.8 Å². The number of Topliss-reactive ketones (excluding diaryl/α,β-unsaturated/α-hetero) is 1. The van der Waals surface area contributed by atoms with Crippen LogP contribution in [0.25, 0.3) is 0 Å². The third-order valence-corrected chi connectivity index (χ3v) is 3.84. The summed E-state index contributed by atoms with van der Waals surface area (Å²) in [5, 5.41) is 2.90. The van der Waals surface area contributed by atoms with Crippen LogP contribution in [0.4, 0.5) is 5.69 Å². The summed E-state index contributed by atoms with van der Waals surface area (Å²) >= 11 is 0. The molecule has 4 nitrogen and oxygen atoms in total. The van der Waals surface area contributed by atoms with E-state index >= 15 is 0 Å². The third-order valence-electron chi connectivity index (χ3n) is 3.84. The van der Waals surface area contributed by atoms with E-state index in [0.717, 1.165) is 19.3 Å². The smallest absolute Gasteiger partial charge is 0.227 e. The molecule has 0 spiro atoms. The zero-order valence-corrected chi connectivity index (χ0v) is 12.4. The zero-order chi connectivity index (χ0) is 13.8. The fourth-order valence-corrected chi connectivity index (χ4v) is 2.72. The SMILES string of the molecule is CC(=O)c1cccc(NC(=O)[C@@H]2CCC[C@@H]2CN)c1.Cl. The summed E-state index contributed by atoms with van der Waals surface area (Å²) in [6, 6.07) is 7.04. The van der Waals surface area contributed by atoms with Gasteiger partial charge in [-0.15, -0.1) is 12.4 Å². The number of amides is 1. The lowest BCUT2D eigenvalue weighted by Crippen LogP contribution is -2.29. The quantitative estimate of drug-likeness (QED) is 0.839. The van der Waals surface area contributed by atoms with Crippen molar-refractivity contribution in [2.75, 3.05) is 11.9 Å². The molecule has 20 heavy (non-hydrogen) atoms. The molecule has 0 saturated heterocycles. The van der Waals surface area contributed by atoms with Crippen molar-refractivity contribution >= 4 is 29.8 Å². The number of hydrogen-bond acceptors (Lipinski definition) is 3. The van der Waals surface area contributed by atoms with E-state index in [9.17, 15) is 9.59 Å². The van der Waals surface area contributed by atoms with Crippen LogP contribution in [0.5, 0.6) is 0 Å². The van der Waals surface area contributed by atoms with Crippen LogP contribution in [0.1, 0.15) is 36.5 Å². The largest absolute Gasteiger partial charge is 0.330 e. The third kappa shape index (κ3) is 3.81. The topological polar surface area (TPSA) is 72.2 Å². The normalized spacial score (nSPS) is 21.1. The average molecular weight is 297 g/mol. The number of benzene rings is 1. The van der Waals surface area contributed by atoms with Crippen molar-refractivity contribution in [1.82, 2.24) is 0 Å². The van der Waals surface area contributed by atoms with Gasteiger partial charge < -0.3 is 11.1 Å². The molecule has 1 aromatic carbocycles. The first-order valence-electron chi connectivity index (χ1n) is 6.73. The summed E-state index contributed by atoms with van der Waals surface area (Å²) in [5.41, 5.74) is 6.99. The summed E-state index contributed by atoms with van der Waals surface area (Å²) in [4.78, 5) is 23.5. The molecule has 1 fully saturated rings. The Labute approximate surface area is 125 Å². The Balaban J connectivity index is 0.00000200. The average Bonchev–Trinajstić information content (AvgIpc) is 2.87. The molecule has 1 amide bonds. The summed E-state index contributed by atoms with van der Waals surface area (Å²) in [6.07, 6.45) is 3.00. The van der Waals surface area contributed by atoms with Gasteiger partial charge in [-0.05, 0) is 44.4 Å². The van der Waals surface area contributed by atoms with E-state index in [1.54, 1.807) is 24.3 Å². The van der Waals surface area contributed by atoms with Crippen LogP contribution in [-0.4, -0.2) is 18.2 Å². The van der Waals surface area contributed by atoms with Gasteiger partial charge in [0.05, 0.1) is 0 Å². The monoisotopic (exact) mass is 296 g/mol. The molecule has 0 aromatic heterocycles. The van der Waals surface area contributed by atoms with Crippen LogP contribution in [0.3, 0.4) is 0 Å². The fraction of sp³-hybridized carbons (Fsp3) is 0.467. The molecule has 2 rings (SSSR count). The van der Waals surface area contributed by atoms with Crippen molar-refractivity contribution in [2.24, 2.45) is 17.6 Å². The van der Waals surface area contributed by atoms with E-state index in [4.69, 9.17) is 5.73 Å². The van der Waals surface area contributed by atoms with Crippen LogP contribution in [0, 0.1) is 11.8 Å². The highest BCUT2D eigenvalue weighted by atomic mass is 35.5. The van der Waals surface area contributed by atoms with Gasteiger partial charge >= 0.3 is 0 Å². The molecule has 2 atom stereocenters. The first kappa shape index (κ1) is 16.7. The molecule has 1 aliphatic rings. The number of nitrogens with two attached hydrogens (primary N) is 1. The van der Waals surface area contributed by atoms with Gasteiger partial charge in [-0.2, -0.15) is 0 Å². The minimum atomic E-state index is -0.00296. The molecule has 1 aromatic rings. The Bertz CT molecular complexity index is 491. The lowest BCUT2D eigenvalue weighted by molar-refractivity contribution is -0.120. The number of nitrogens with one attached hydrogen (secondary N) is 1. The molecule has 0 radical (unpaired) electrons. The van der Waals surface area contributed by atoms with E-state index in [2.05, 4.69) is 5.32 Å². The van der Waals surface area contributed by atoms with Crippen LogP contribution < -0.4 is 11.1 Å². The van der Waals surface area contributed by atoms with E-state index in [1.807, 2.05) is 0 Å². The van der Waals surface area contributed by atoms with E-state index < -0.39 is 0 Å². The summed E-state index contributed by atoms with van der Waals surface area (Å²) in [7, 11) is 0. The highest BCUT2D eigenvalue weighted by Gasteiger charge is 2.31. The first-order chi connectivity index (χ1) is 9.11. The molecule has 1 saturated carbocycles. The van der Waals surface area contributed by atoms with Gasteiger partial charge in [0.25, 0.3) is 0 Å². The molecule has 5 heteroatoms. The summed E-state index contributed by atoms with van der Waals surface area (Å²) in [6.45, 7) is 2.08. The van der Waals surface area contributed by atoms with Crippen molar-refractivity contribution < 1.29 is 9.59 Å². The predicted octanol–water partition coefficient (Wildman–Crippen LogP) is 2.62. The molecule has 0 unspecified atom stereocenters. The summed E-state index contributed by atoms with van der Waals surface area (Å²) < 4.78 is 0. The minimum Gasteiger partial charge on any atom is -0.330 e. The Hall–Kier alpha value is -1.39. The molecular formula is C15H21ClN2O2. The molecule has 0 aliphatic heterocycles. The van der Waals surface area contributed by atoms with Crippen molar-refractivity contribution in [3.63, 3.8) is 0 Å².